The molecule has 1 aliphatic heterocycles. The largest absolute Gasteiger partial charge is 0.479 e. The molecule has 3 heteroatoms. The average molecular weight is 143 g/mol. The van der Waals surface area contributed by atoms with Crippen LogP contribution in [0.1, 0.15) is 27.2 Å². The summed E-state index contributed by atoms with van der Waals surface area (Å²) >= 11 is 0. The number of oxime groups is 1. The number of hydrogen-bond donors (Lipinski definition) is 0. The Labute approximate surface area is 61.0 Å². The van der Waals surface area contributed by atoms with Crippen LogP contribution < -0.4 is 0 Å². The normalized spacial score (nSPS) is 23.7. The third-order valence-electron chi connectivity index (χ3n) is 1.44. The third kappa shape index (κ3) is 1.90. The zero-order chi connectivity index (χ0) is 7.61. The van der Waals surface area contributed by atoms with E-state index in [1.165, 1.54) is 0 Å². The van der Waals surface area contributed by atoms with Gasteiger partial charge in [-0.3, -0.25) is 0 Å². The van der Waals surface area contributed by atoms with E-state index >= 15 is 0 Å². The molecule has 0 aromatic carbocycles. The van der Waals surface area contributed by atoms with Crippen molar-refractivity contribution in [3.63, 3.8) is 0 Å². The molecule has 0 radical (unpaired) electrons. The van der Waals surface area contributed by atoms with E-state index in [9.17, 15) is 0 Å². The molecule has 0 amide bonds. The Hall–Kier alpha value is -0.730. The predicted octanol–water partition coefficient (Wildman–Crippen LogP) is 1.54. The van der Waals surface area contributed by atoms with Crippen LogP contribution in [0.5, 0.6) is 0 Å². The quantitative estimate of drug-likeness (QED) is 0.515. The number of hydrogen-bond acceptors (Lipinski definition) is 3. The van der Waals surface area contributed by atoms with E-state index in [0.717, 1.165) is 6.42 Å². The van der Waals surface area contributed by atoms with Gasteiger partial charge < -0.3 is 9.57 Å². The van der Waals surface area contributed by atoms with Crippen molar-refractivity contribution >= 4 is 5.90 Å². The minimum Gasteiger partial charge on any atom is -0.479 e. The second-order valence-electron chi connectivity index (χ2n) is 3.06. The number of ether oxygens (including phenoxy) is 1. The zero-order valence-electron chi connectivity index (χ0n) is 6.68. The first-order valence-corrected chi connectivity index (χ1v) is 3.46. The van der Waals surface area contributed by atoms with Crippen LogP contribution in [0.4, 0.5) is 0 Å². The van der Waals surface area contributed by atoms with E-state index in [1.807, 2.05) is 13.8 Å². The van der Waals surface area contributed by atoms with Crippen molar-refractivity contribution in [3.8, 4) is 0 Å². The Morgan fingerprint density at radius 2 is 2.20 bits per heavy atom. The van der Waals surface area contributed by atoms with E-state index in [1.54, 1.807) is 6.92 Å². The van der Waals surface area contributed by atoms with Crippen molar-refractivity contribution < 1.29 is 9.57 Å². The highest BCUT2D eigenvalue weighted by molar-refractivity contribution is 5.72. The summed E-state index contributed by atoms with van der Waals surface area (Å²) in [6.07, 6.45) is 0.883. The molecule has 0 aromatic heterocycles. The van der Waals surface area contributed by atoms with Gasteiger partial charge in [0.05, 0.1) is 6.61 Å². The summed E-state index contributed by atoms with van der Waals surface area (Å²) in [4.78, 5) is 5.17. The predicted molar refractivity (Wildman–Crippen MR) is 38.8 cm³/mol. The van der Waals surface area contributed by atoms with Gasteiger partial charge in [0.25, 0.3) is 0 Å². The van der Waals surface area contributed by atoms with Crippen LogP contribution in [0.3, 0.4) is 0 Å². The highest BCUT2D eigenvalue weighted by Crippen LogP contribution is 2.17. The first kappa shape index (κ1) is 7.38. The van der Waals surface area contributed by atoms with E-state index in [-0.39, 0.29) is 5.60 Å². The molecular weight excluding hydrogens is 130 g/mol. The molecule has 1 rings (SSSR count). The van der Waals surface area contributed by atoms with Crippen molar-refractivity contribution in [1.29, 1.82) is 0 Å². The van der Waals surface area contributed by atoms with Gasteiger partial charge in [0.15, 0.2) is 0 Å². The number of nitrogens with zero attached hydrogens (tertiary/aromatic N) is 1. The molecular formula is C7H13NO2. The van der Waals surface area contributed by atoms with Crippen LogP contribution in [0.2, 0.25) is 0 Å². The first-order chi connectivity index (χ1) is 4.60. The fourth-order valence-corrected chi connectivity index (χ4v) is 0.704. The first-order valence-electron chi connectivity index (χ1n) is 3.46. The molecule has 0 spiro atoms. The van der Waals surface area contributed by atoms with Crippen LogP contribution in [0, 0.1) is 0 Å². The van der Waals surface area contributed by atoms with Crippen molar-refractivity contribution in [2.45, 2.75) is 32.8 Å². The average Bonchev–Trinajstić information content (AvgIpc) is 1.94. The maximum Gasteiger partial charge on any atom is 0.222 e. The molecule has 0 saturated carbocycles. The Morgan fingerprint density at radius 3 is 2.90 bits per heavy atom. The summed E-state index contributed by atoms with van der Waals surface area (Å²) in [5.74, 6) is 0.616. The minimum atomic E-state index is -0.169. The van der Waals surface area contributed by atoms with Crippen molar-refractivity contribution in [2.75, 3.05) is 6.61 Å². The van der Waals surface area contributed by atoms with Crippen molar-refractivity contribution in [1.82, 2.24) is 0 Å². The van der Waals surface area contributed by atoms with Crippen LogP contribution in [-0.4, -0.2) is 18.1 Å². The molecule has 0 unspecified atom stereocenters. The lowest BCUT2D eigenvalue weighted by atomic mass is 10.1. The highest BCUT2D eigenvalue weighted by Gasteiger charge is 2.22. The third-order valence-corrected chi connectivity index (χ3v) is 1.44. The minimum absolute atomic E-state index is 0.169. The van der Waals surface area contributed by atoms with Crippen LogP contribution in [-0.2, 0) is 9.57 Å². The van der Waals surface area contributed by atoms with E-state index < -0.39 is 0 Å². The molecule has 0 atom stereocenters. The van der Waals surface area contributed by atoms with Crippen molar-refractivity contribution in [3.05, 3.63) is 0 Å². The molecule has 0 fully saturated rings. The maximum absolute atomic E-state index is 5.17. The zero-order valence-corrected chi connectivity index (χ0v) is 6.68. The Kier molecular flexibility index (Phi) is 1.83. The van der Waals surface area contributed by atoms with Gasteiger partial charge in [0.2, 0.25) is 5.90 Å². The second kappa shape index (κ2) is 2.48. The van der Waals surface area contributed by atoms with E-state index in [0.29, 0.717) is 12.5 Å². The van der Waals surface area contributed by atoms with Gasteiger partial charge in [-0.25, -0.2) is 0 Å². The SMILES string of the molecule is CC1=NOC(C)(C)CCO1. The molecule has 1 aliphatic rings. The lowest BCUT2D eigenvalue weighted by Gasteiger charge is -2.17. The van der Waals surface area contributed by atoms with Crippen LogP contribution >= 0.6 is 0 Å². The van der Waals surface area contributed by atoms with Crippen molar-refractivity contribution in [2.24, 2.45) is 5.16 Å². The molecule has 58 valence electrons. The maximum atomic E-state index is 5.17. The summed E-state index contributed by atoms with van der Waals surface area (Å²) in [6.45, 7) is 6.49. The highest BCUT2D eigenvalue weighted by atomic mass is 16.7. The standard InChI is InChI=1S/C7H13NO2/c1-6-8-10-7(2,3)4-5-9-6/h4-5H2,1-3H3. The summed E-state index contributed by atoms with van der Waals surface area (Å²) in [5, 5.41) is 3.77. The monoisotopic (exact) mass is 143 g/mol. The van der Waals surface area contributed by atoms with Gasteiger partial charge in [-0.15, -0.1) is 0 Å². The van der Waals surface area contributed by atoms with Gasteiger partial charge >= 0.3 is 0 Å². The topological polar surface area (TPSA) is 30.8 Å². The Balaban J connectivity index is 2.57. The van der Waals surface area contributed by atoms with Crippen LogP contribution in [0.25, 0.3) is 0 Å². The molecule has 1 heterocycles. The molecule has 10 heavy (non-hydrogen) atoms. The smallest absolute Gasteiger partial charge is 0.222 e. The fraction of sp³-hybridized carbons (Fsp3) is 0.857. The fourth-order valence-electron chi connectivity index (χ4n) is 0.704. The summed E-state index contributed by atoms with van der Waals surface area (Å²) in [6, 6.07) is 0. The van der Waals surface area contributed by atoms with Gasteiger partial charge in [0.1, 0.15) is 5.60 Å². The molecule has 3 nitrogen and oxygen atoms in total. The molecule has 0 aromatic rings. The molecule has 0 saturated heterocycles. The van der Waals surface area contributed by atoms with E-state index in [2.05, 4.69) is 5.16 Å². The van der Waals surface area contributed by atoms with Gasteiger partial charge in [0, 0.05) is 13.3 Å². The summed E-state index contributed by atoms with van der Waals surface area (Å²) in [5.41, 5.74) is -0.169. The molecule has 0 bridgehead atoms. The molecule has 0 aliphatic carbocycles. The number of rotatable bonds is 0. The summed E-state index contributed by atoms with van der Waals surface area (Å²) < 4.78 is 5.16. The Bertz CT molecular complexity index is 152. The Morgan fingerprint density at radius 1 is 1.50 bits per heavy atom. The molecule has 0 N–H and O–H groups in total. The summed E-state index contributed by atoms with van der Waals surface area (Å²) in [7, 11) is 0. The lowest BCUT2D eigenvalue weighted by molar-refractivity contribution is -0.0167. The van der Waals surface area contributed by atoms with Gasteiger partial charge in [-0.2, -0.15) is 0 Å². The van der Waals surface area contributed by atoms with Gasteiger partial charge in [-0.1, -0.05) is 5.16 Å². The lowest BCUT2D eigenvalue weighted by Crippen LogP contribution is -2.21. The van der Waals surface area contributed by atoms with Gasteiger partial charge in [-0.05, 0) is 13.8 Å². The van der Waals surface area contributed by atoms with E-state index in [4.69, 9.17) is 9.57 Å². The van der Waals surface area contributed by atoms with Crippen LogP contribution in [0.15, 0.2) is 5.16 Å². The second-order valence-corrected chi connectivity index (χ2v) is 3.06.